The van der Waals surface area contributed by atoms with Gasteiger partial charge in [0.25, 0.3) is 5.91 Å². The molecule has 27 heavy (non-hydrogen) atoms. The van der Waals surface area contributed by atoms with E-state index >= 15 is 0 Å². The first-order valence-electron chi connectivity index (χ1n) is 8.50. The molecule has 1 fully saturated rings. The Hall–Kier alpha value is -2.85. The van der Waals surface area contributed by atoms with E-state index in [4.69, 9.17) is 9.47 Å². The zero-order valence-electron chi connectivity index (χ0n) is 14.7. The first kappa shape index (κ1) is 17.6. The topological polar surface area (TPSA) is 95.3 Å². The number of carbonyl (C=O) groups is 1. The van der Waals surface area contributed by atoms with Crippen molar-refractivity contribution in [1.29, 1.82) is 0 Å². The third-order valence-electron chi connectivity index (χ3n) is 4.18. The Bertz CT molecular complexity index is 901. The van der Waals surface area contributed by atoms with Crippen molar-refractivity contribution in [1.82, 2.24) is 29.9 Å². The van der Waals surface area contributed by atoms with Crippen LogP contribution < -0.4 is 4.74 Å². The van der Waals surface area contributed by atoms with Gasteiger partial charge in [0.1, 0.15) is 0 Å². The largest absolute Gasteiger partial charge is 0.480 e. The molecule has 0 bridgehead atoms. The van der Waals surface area contributed by atoms with Crippen molar-refractivity contribution in [3.8, 4) is 23.1 Å². The summed E-state index contributed by atoms with van der Waals surface area (Å²) in [7, 11) is 1.53. The lowest BCUT2D eigenvalue weighted by Crippen LogP contribution is -2.33. The molecule has 1 saturated heterocycles. The van der Waals surface area contributed by atoms with E-state index in [0.29, 0.717) is 49.4 Å². The lowest BCUT2D eigenvalue weighted by Gasteiger charge is -2.17. The molecule has 0 aromatic carbocycles. The van der Waals surface area contributed by atoms with Gasteiger partial charge < -0.3 is 14.4 Å². The van der Waals surface area contributed by atoms with Gasteiger partial charge in [-0.05, 0) is 18.6 Å². The number of carbonyl (C=O) groups excluding carboxylic acids is 1. The lowest BCUT2D eigenvalue weighted by molar-refractivity contribution is 0.0735. The average molecular weight is 386 g/mol. The second-order valence-corrected chi connectivity index (χ2v) is 6.61. The van der Waals surface area contributed by atoms with Crippen LogP contribution in [0.15, 0.2) is 29.1 Å². The van der Waals surface area contributed by atoms with Crippen LogP contribution in [0.4, 0.5) is 0 Å². The molecule has 0 N–H and O–H groups in total. The van der Waals surface area contributed by atoms with Gasteiger partial charge in [0.2, 0.25) is 5.88 Å². The molecule has 9 nitrogen and oxygen atoms in total. The highest BCUT2D eigenvalue weighted by Crippen LogP contribution is 2.24. The third-order valence-corrected chi connectivity index (χ3v) is 4.77. The Kier molecular flexibility index (Phi) is 5.07. The summed E-state index contributed by atoms with van der Waals surface area (Å²) in [4.78, 5) is 19.1. The van der Waals surface area contributed by atoms with E-state index < -0.39 is 0 Å². The number of thiazole rings is 1. The molecule has 1 amide bonds. The Balaban J connectivity index is 1.72. The number of ether oxygens (including phenoxy) is 2. The molecule has 10 heteroatoms. The van der Waals surface area contributed by atoms with Gasteiger partial charge in [0.15, 0.2) is 11.5 Å². The maximum atomic E-state index is 12.9. The molecule has 0 atom stereocenters. The van der Waals surface area contributed by atoms with Crippen molar-refractivity contribution in [2.24, 2.45) is 0 Å². The first-order chi connectivity index (χ1) is 13.3. The van der Waals surface area contributed by atoms with Gasteiger partial charge in [-0.25, -0.2) is 9.67 Å². The Morgan fingerprint density at radius 1 is 1.26 bits per heavy atom. The van der Waals surface area contributed by atoms with Crippen molar-refractivity contribution >= 4 is 17.2 Å². The summed E-state index contributed by atoms with van der Waals surface area (Å²) in [6.45, 7) is 2.42. The van der Waals surface area contributed by atoms with Gasteiger partial charge in [0, 0.05) is 31.1 Å². The zero-order chi connectivity index (χ0) is 18.6. The Labute approximate surface area is 159 Å². The zero-order valence-corrected chi connectivity index (χ0v) is 15.6. The van der Waals surface area contributed by atoms with Crippen molar-refractivity contribution < 1.29 is 14.3 Å². The highest BCUT2D eigenvalue weighted by molar-refractivity contribution is 7.07. The number of methoxy groups -OCH3 is 1. The molecule has 3 aromatic heterocycles. The monoisotopic (exact) mass is 386 g/mol. The fraction of sp³-hybridized carbons (Fsp3) is 0.353. The number of amides is 1. The fourth-order valence-electron chi connectivity index (χ4n) is 2.83. The van der Waals surface area contributed by atoms with Crippen molar-refractivity contribution in [2.75, 3.05) is 33.4 Å². The highest BCUT2D eigenvalue weighted by Gasteiger charge is 2.23. The van der Waals surface area contributed by atoms with Crippen LogP contribution in [0.25, 0.3) is 17.2 Å². The summed E-state index contributed by atoms with van der Waals surface area (Å²) >= 11 is 1.47. The van der Waals surface area contributed by atoms with E-state index in [1.165, 1.54) is 18.4 Å². The first-order valence-corrected chi connectivity index (χ1v) is 9.44. The minimum absolute atomic E-state index is 0.128. The minimum atomic E-state index is -0.128. The van der Waals surface area contributed by atoms with Crippen molar-refractivity contribution in [2.45, 2.75) is 6.42 Å². The summed E-state index contributed by atoms with van der Waals surface area (Å²) in [5.74, 6) is 0.760. The molecule has 0 radical (unpaired) electrons. The fourth-order valence-corrected chi connectivity index (χ4v) is 3.37. The summed E-state index contributed by atoms with van der Waals surface area (Å²) < 4.78 is 12.1. The summed E-state index contributed by atoms with van der Waals surface area (Å²) in [6.07, 6.45) is 0.815. The predicted molar refractivity (Wildman–Crippen MR) is 98.2 cm³/mol. The van der Waals surface area contributed by atoms with Gasteiger partial charge in [-0.1, -0.05) is 0 Å². The van der Waals surface area contributed by atoms with Crippen LogP contribution in [0, 0.1) is 0 Å². The molecule has 3 aromatic rings. The van der Waals surface area contributed by atoms with E-state index in [2.05, 4.69) is 20.3 Å². The molecule has 4 heterocycles. The lowest BCUT2D eigenvalue weighted by atomic mass is 10.2. The van der Waals surface area contributed by atoms with E-state index in [1.807, 2.05) is 5.38 Å². The molecule has 1 aliphatic heterocycles. The molecule has 140 valence electrons. The Morgan fingerprint density at radius 3 is 2.93 bits per heavy atom. The maximum Gasteiger partial charge on any atom is 0.274 e. The summed E-state index contributed by atoms with van der Waals surface area (Å²) in [6, 6.07) is 5.18. The minimum Gasteiger partial charge on any atom is -0.480 e. The molecule has 0 spiro atoms. The number of aromatic nitrogens is 5. The maximum absolute atomic E-state index is 12.9. The SMILES string of the molecule is COc1ccc(-n2nc(C(=O)N3CCCOCC3)cc2-c2cscn2)nn1. The second kappa shape index (κ2) is 7.80. The normalized spacial score (nSPS) is 14.8. The van der Waals surface area contributed by atoms with Crippen LogP contribution in [0.1, 0.15) is 16.9 Å². The molecule has 4 rings (SSSR count). The van der Waals surface area contributed by atoms with Crippen molar-refractivity contribution in [3.63, 3.8) is 0 Å². The number of hydrogen-bond acceptors (Lipinski definition) is 8. The van der Waals surface area contributed by atoms with Gasteiger partial charge >= 0.3 is 0 Å². The third kappa shape index (κ3) is 3.67. The molecular formula is C17H18N6O3S. The van der Waals surface area contributed by atoms with Crippen LogP contribution in [0.2, 0.25) is 0 Å². The van der Waals surface area contributed by atoms with Gasteiger partial charge in [-0.2, -0.15) is 5.10 Å². The molecule has 1 aliphatic rings. The van der Waals surface area contributed by atoms with E-state index in [-0.39, 0.29) is 5.91 Å². The molecule has 0 aliphatic carbocycles. The molecule has 0 unspecified atom stereocenters. The molecule has 0 saturated carbocycles. The van der Waals surface area contributed by atoms with Crippen molar-refractivity contribution in [3.05, 3.63) is 34.8 Å². The number of hydrogen-bond donors (Lipinski definition) is 0. The predicted octanol–water partition coefficient (Wildman–Crippen LogP) is 1.66. The van der Waals surface area contributed by atoms with Crippen LogP contribution in [0.5, 0.6) is 5.88 Å². The second-order valence-electron chi connectivity index (χ2n) is 5.89. The van der Waals surface area contributed by atoms with E-state index in [9.17, 15) is 4.79 Å². The van der Waals surface area contributed by atoms with Crippen LogP contribution in [-0.2, 0) is 4.74 Å². The Morgan fingerprint density at radius 2 is 2.19 bits per heavy atom. The van der Waals surface area contributed by atoms with Crippen LogP contribution in [-0.4, -0.2) is 69.2 Å². The van der Waals surface area contributed by atoms with Crippen LogP contribution >= 0.6 is 11.3 Å². The quantitative estimate of drug-likeness (QED) is 0.673. The van der Waals surface area contributed by atoms with E-state index in [0.717, 1.165) is 12.1 Å². The smallest absolute Gasteiger partial charge is 0.274 e. The summed E-state index contributed by atoms with van der Waals surface area (Å²) in [5, 5.41) is 14.5. The highest BCUT2D eigenvalue weighted by atomic mass is 32.1. The van der Waals surface area contributed by atoms with E-state index in [1.54, 1.807) is 33.3 Å². The van der Waals surface area contributed by atoms with Gasteiger partial charge in [0.05, 0.1) is 30.6 Å². The summed E-state index contributed by atoms with van der Waals surface area (Å²) in [5.41, 5.74) is 3.49. The van der Waals surface area contributed by atoms with Gasteiger partial charge in [-0.15, -0.1) is 21.5 Å². The number of rotatable bonds is 4. The number of nitrogens with zero attached hydrogens (tertiary/aromatic N) is 6. The standard InChI is InChI=1S/C17H18N6O3S/c1-25-16-4-3-15(19-20-16)23-14(13-10-27-11-18-13)9-12(21-23)17(24)22-5-2-7-26-8-6-22/h3-4,9-11H,2,5-8H2,1H3. The van der Waals surface area contributed by atoms with Crippen LogP contribution in [0.3, 0.4) is 0 Å². The van der Waals surface area contributed by atoms with Gasteiger partial charge in [-0.3, -0.25) is 4.79 Å². The average Bonchev–Trinajstić information content (AvgIpc) is 3.31. The molecular weight excluding hydrogens is 368 g/mol.